The number of hydrogen-bond donors (Lipinski definition) is 1. The molecule has 0 fully saturated rings. The van der Waals surface area contributed by atoms with Gasteiger partial charge in [-0.3, -0.25) is 4.57 Å². The van der Waals surface area contributed by atoms with Crippen LogP contribution in [-0.4, -0.2) is 25.4 Å². The van der Waals surface area contributed by atoms with Crippen molar-refractivity contribution in [2.24, 2.45) is 0 Å². The fraction of sp³-hybridized carbons (Fsp3) is 0.276. The van der Waals surface area contributed by atoms with E-state index < -0.39 is 12.1 Å². The zero-order valence-electron chi connectivity index (χ0n) is 20.9. The Morgan fingerprint density at radius 1 is 1.03 bits per heavy atom. The number of nitrogens with zero attached hydrogens (tertiary/aromatic N) is 3. The van der Waals surface area contributed by atoms with Crippen molar-refractivity contribution in [2.45, 2.75) is 52.3 Å². The van der Waals surface area contributed by atoms with Gasteiger partial charge in [-0.05, 0) is 42.2 Å². The Labute approximate surface area is 220 Å². The molecule has 4 aromatic rings. The van der Waals surface area contributed by atoms with Crippen molar-refractivity contribution in [3.05, 3.63) is 116 Å². The molecule has 0 bridgehead atoms. The molecule has 192 valence electrons. The van der Waals surface area contributed by atoms with Gasteiger partial charge in [-0.1, -0.05) is 85.6 Å². The van der Waals surface area contributed by atoms with Gasteiger partial charge in [0.25, 0.3) is 0 Å². The van der Waals surface area contributed by atoms with E-state index >= 15 is 0 Å². The smallest absolute Gasteiger partial charge is 0.349 e. The van der Waals surface area contributed by atoms with Gasteiger partial charge >= 0.3 is 11.7 Å². The van der Waals surface area contributed by atoms with Gasteiger partial charge in [0.1, 0.15) is 11.6 Å². The van der Waals surface area contributed by atoms with Gasteiger partial charge in [0, 0.05) is 17.0 Å². The van der Waals surface area contributed by atoms with E-state index in [0.29, 0.717) is 35.8 Å². The van der Waals surface area contributed by atoms with Crippen LogP contribution in [0.3, 0.4) is 0 Å². The quantitative estimate of drug-likeness (QED) is 0.277. The number of hydrogen-bond acceptors (Lipinski definition) is 4. The molecule has 0 spiro atoms. The fourth-order valence-corrected chi connectivity index (χ4v) is 4.45. The maximum absolute atomic E-state index is 13.3. The number of carbonyl (C=O) groups is 1. The predicted octanol–water partition coefficient (Wildman–Crippen LogP) is 5.65. The van der Waals surface area contributed by atoms with Crippen molar-refractivity contribution >= 4 is 17.6 Å². The molecule has 37 heavy (non-hydrogen) atoms. The third-order valence-corrected chi connectivity index (χ3v) is 6.51. The lowest BCUT2D eigenvalue weighted by atomic mass is 10.1. The second kappa shape index (κ2) is 11.9. The van der Waals surface area contributed by atoms with Crippen molar-refractivity contribution in [3.8, 4) is 5.75 Å². The van der Waals surface area contributed by atoms with Crippen LogP contribution in [-0.2, 0) is 24.3 Å². The first kappa shape index (κ1) is 26.2. The van der Waals surface area contributed by atoms with E-state index in [1.165, 1.54) is 4.68 Å². The molecule has 0 saturated carbocycles. The number of aryl methyl sites for hydroxylation is 2. The van der Waals surface area contributed by atoms with Gasteiger partial charge < -0.3 is 9.84 Å². The Balaban J connectivity index is 1.59. The summed E-state index contributed by atoms with van der Waals surface area (Å²) < 4.78 is 9.12. The predicted molar refractivity (Wildman–Crippen MR) is 143 cm³/mol. The molecular weight excluding hydrogens is 490 g/mol. The average Bonchev–Trinajstić information content (AvgIpc) is 3.17. The Hall–Kier alpha value is -3.84. The summed E-state index contributed by atoms with van der Waals surface area (Å²) in [5.74, 6) is 0.0642. The molecule has 7 nitrogen and oxygen atoms in total. The first-order valence-electron chi connectivity index (χ1n) is 12.3. The van der Waals surface area contributed by atoms with Crippen LogP contribution < -0.4 is 10.4 Å². The molecule has 3 aromatic carbocycles. The first-order valence-corrected chi connectivity index (χ1v) is 12.7. The van der Waals surface area contributed by atoms with Crippen LogP contribution in [0.2, 0.25) is 5.02 Å². The van der Waals surface area contributed by atoms with Crippen LogP contribution >= 0.6 is 11.6 Å². The Morgan fingerprint density at radius 2 is 1.76 bits per heavy atom. The number of rotatable bonds is 11. The fourth-order valence-electron chi connectivity index (χ4n) is 4.21. The van der Waals surface area contributed by atoms with Crippen LogP contribution in [0, 0.1) is 6.92 Å². The van der Waals surface area contributed by atoms with Crippen molar-refractivity contribution in [1.29, 1.82) is 0 Å². The molecule has 1 atom stereocenters. The van der Waals surface area contributed by atoms with E-state index in [1.54, 1.807) is 34.9 Å². The molecule has 1 N–H and O–H groups in total. The summed E-state index contributed by atoms with van der Waals surface area (Å²) in [4.78, 5) is 25.2. The van der Waals surface area contributed by atoms with Gasteiger partial charge in [-0.2, -0.15) is 5.10 Å². The third kappa shape index (κ3) is 6.30. The number of carboxylic acid groups (broad SMARTS) is 1. The highest BCUT2D eigenvalue weighted by Crippen LogP contribution is 2.30. The molecule has 0 aliphatic carbocycles. The summed E-state index contributed by atoms with van der Waals surface area (Å²) in [5, 5.41) is 14.7. The van der Waals surface area contributed by atoms with E-state index in [2.05, 4.69) is 12.0 Å². The minimum absolute atomic E-state index is 0.155. The Morgan fingerprint density at radius 3 is 2.43 bits per heavy atom. The highest BCUT2D eigenvalue weighted by atomic mass is 35.5. The SMILES string of the molecule is CCCCc1nn(Cc2ccccc2)c(=O)n1Cc1ccc(OC(C(=O)O)c2ccccc2Cl)c(C)c1. The summed E-state index contributed by atoms with van der Waals surface area (Å²) in [6, 6.07) is 22.0. The zero-order valence-corrected chi connectivity index (χ0v) is 21.7. The molecule has 1 unspecified atom stereocenters. The minimum Gasteiger partial charge on any atom is -0.478 e. The Bertz CT molecular complexity index is 1430. The summed E-state index contributed by atoms with van der Waals surface area (Å²) >= 11 is 6.22. The standard InChI is InChI=1S/C29H30ClN3O4/c1-3-4-14-26-31-33(19-21-10-6-5-7-11-21)29(36)32(26)18-22-15-16-25(20(2)17-22)37-27(28(34)35)23-12-8-9-13-24(23)30/h5-13,15-17,27H,3-4,14,18-19H2,1-2H3,(H,34,35). The van der Waals surface area contributed by atoms with Gasteiger partial charge in [-0.25, -0.2) is 14.3 Å². The van der Waals surface area contributed by atoms with Gasteiger partial charge in [-0.15, -0.1) is 0 Å². The maximum atomic E-state index is 13.3. The van der Waals surface area contributed by atoms with E-state index in [-0.39, 0.29) is 5.69 Å². The maximum Gasteiger partial charge on any atom is 0.349 e. The van der Waals surface area contributed by atoms with Crippen molar-refractivity contribution in [3.63, 3.8) is 0 Å². The molecular formula is C29H30ClN3O4. The van der Waals surface area contributed by atoms with E-state index in [9.17, 15) is 14.7 Å². The van der Waals surface area contributed by atoms with E-state index in [1.807, 2.05) is 49.4 Å². The lowest BCUT2D eigenvalue weighted by Crippen LogP contribution is -2.26. The summed E-state index contributed by atoms with van der Waals surface area (Å²) in [6.07, 6.45) is 1.41. The third-order valence-electron chi connectivity index (χ3n) is 6.17. The molecule has 1 heterocycles. The van der Waals surface area contributed by atoms with Gasteiger partial charge in [0.15, 0.2) is 0 Å². The lowest BCUT2D eigenvalue weighted by Gasteiger charge is -2.18. The number of unbranched alkanes of at least 4 members (excludes halogenated alkanes) is 1. The number of benzene rings is 3. The number of aliphatic carboxylic acids is 1. The largest absolute Gasteiger partial charge is 0.478 e. The molecule has 0 aliphatic heterocycles. The van der Waals surface area contributed by atoms with Crippen LogP contribution in [0.15, 0.2) is 77.6 Å². The monoisotopic (exact) mass is 519 g/mol. The van der Waals surface area contributed by atoms with Crippen LogP contribution in [0.25, 0.3) is 0 Å². The number of ether oxygens (including phenoxy) is 1. The first-order chi connectivity index (χ1) is 17.9. The van der Waals surface area contributed by atoms with Gasteiger partial charge in [0.2, 0.25) is 6.10 Å². The van der Waals surface area contributed by atoms with Crippen molar-refractivity contribution in [1.82, 2.24) is 14.3 Å². The second-order valence-corrected chi connectivity index (χ2v) is 9.40. The van der Waals surface area contributed by atoms with E-state index in [4.69, 9.17) is 16.3 Å². The normalized spacial score (nSPS) is 11.9. The van der Waals surface area contributed by atoms with E-state index in [0.717, 1.165) is 35.4 Å². The number of carboxylic acids is 1. The van der Waals surface area contributed by atoms with Crippen LogP contribution in [0.4, 0.5) is 0 Å². The highest BCUT2D eigenvalue weighted by Gasteiger charge is 2.25. The van der Waals surface area contributed by atoms with Crippen LogP contribution in [0.5, 0.6) is 5.75 Å². The average molecular weight is 520 g/mol. The molecule has 8 heteroatoms. The molecule has 1 aromatic heterocycles. The summed E-state index contributed by atoms with van der Waals surface area (Å²) in [5.41, 5.74) is 2.90. The zero-order chi connectivity index (χ0) is 26.4. The molecule has 0 amide bonds. The van der Waals surface area contributed by atoms with Gasteiger partial charge in [0.05, 0.1) is 13.1 Å². The molecule has 4 rings (SSSR count). The lowest BCUT2D eigenvalue weighted by molar-refractivity contribution is -0.145. The van der Waals surface area contributed by atoms with Crippen LogP contribution in [0.1, 0.15) is 53.9 Å². The molecule has 0 aliphatic rings. The second-order valence-electron chi connectivity index (χ2n) is 8.99. The number of aromatic nitrogens is 3. The minimum atomic E-state index is -1.24. The van der Waals surface area contributed by atoms with Crippen molar-refractivity contribution < 1.29 is 14.6 Å². The highest BCUT2D eigenvalue weighted by molar-refractivity contribution is 6.31. The number of halogens is 1. The molecule has 0 saturated heterocycles. The Kier molecular flexibility index (Phi) is 8.46. The van der Waals surface area contributed by atoms with Crippen molar-refractivity contribution in [2.75, 3.05) is 0 Å². The summed E-state index contributed by atoms with van der Waals surface area (Å²) in [6.45, 7) is 4.74. The summed E-state index contributed by atoms with van der Waals surface area (Å²) in [7, 11) is 0. The molecule has 0 radical (unpaired) electrons. The topological polar surface area (TPSA) is 86.4 Å².